The molecule has 0 spiro atoms. The Morgan fingerprint density at radius 1 is 1.21 bits per heavy atom. The summed E-state index contributed by atoms with van der Waals surface area (Å²) in [7, 11) is 2.04. The summed E-state index contributed by atoms with van der Waals surface area (Å²) in [6.45, 7) is 3.14. The van der Waals surface area contributed by atoms with Gasteiger partial charge in [-0.3, -0.25) is 14.5 Å². The molecule has 0 aliphatic carbocycles. The van der Waals surface area contributed by atoms with Gasteiger partial charge in [0.2, 0.25) is 5.91 Å². The summed E-state index contributed by atoms with van der Waals surface area (Å²) in [5.74, 6) is -0.225. The van der Waals surface area contributed by atoms with Crippen LogP contribution in [0.5, 0.6) is 0 Å². The fourth-order valence-corrected chi connectivity index (χ4v) is 3.88. The molecular formula is C17H19N3O2S2. The SMILES string of the molecule is CN1CCN(C(=O)CN2C(=O)C(=Cc3ccccc3)SC2=S)CC1. The highest BCUT2D eigenvalue weighted by Gasteiger charge is 2.34. The monoisotopic (exact) mass is 361 g/mol. The largest absolute Gasteiger partial charge is 0.339 e. The molecule has 0 bridgehead atoms. The van der Waals surface area contributed by atoms with E-state index in [4.69, 9.17) is 12.2 Å². The van der Waals surface area contributed by atoms with E-state index in [1.54, 1.807) is 4.90 Å². The molecule has 2 aliphatic heterocycles. The molecule has 1 aromatic carbocycles. The van der Waals surface area contributed by atoms with Gasteiger partial charge in [0.15, 0.2) is 0 Å². The topological polar surface area (TPSA) is 43.9 Å². The number of carbonyl (C=O) groups is 2. The Hall–Kier alpha value is -1.70. The van der Waals surface area contributed by atoms with E-state index >= 15 is 0 Å². The fraction of sp³-hybridized carbons (Fsp3) is 0.353. The summed E-state index contributed by atoms with van der Waals surface area (Å²) >= 11 is 6.55. The van der Waals surface area contributed by atoms with Crippen LogP contribution in [0.1, 0.15) is 5.56 Å². The van der Waals surface area contributed by atoms with Gasteiger partial charge in [0, 0.05) is 26.2 Å². The Labute approximate surface area is 151 Å². The quantitative estimate of drug-likeness (QED) is 0.605. The summed E-state index contributed by atoms with van der Waals surface area (Å²) in [5.41, 5.74) is 0.948. The molecule has 2 fully saturated rings. The van der Waals surface area contributed by atoms with Crippen molar-refractivity contribution in [2.24, 2.45) is 0 Å². The zero-order valence-corrected chi connectivity index (χ0v) is 15.1. The Morgan fingerprint density at radius 2 is 1.88 bits per heavy atom. The number of thioether (sulfide) groups is 1. The average molecular weight is 361 g/mol. The van der Waals surface area contributed by atoms with Crippen LogP contribution in [0.4, 0.5) is 0 Å². The number of likely N-dealkylation sites (N-methyl/N-ethyl adjacent to an activating group) is 1. The van der Waals surface area contributed by atoms with Crippen molar-refractivity contribution in [3.05, 3.63) is 40.8 Å². The van der Waals surface area contributed by atoms with E-state index in [0.717, 1.165) is 18.7 Å². The maximum absolute atomic E-state index is 12.6. The zero-order valence-electron chi connectivity index (χ0n) is 13.5. The van der Waals surface area contributed by atoms with Gasteiger partial charge in [0.1, 0.15) is 10.9 Å². The van der Waals surface area contributed by atoms with Crippen molar-refractivity contribution < 1.29 is 9.59 Å². The van der Waals surface area contributed by atoms with Crippen molar-refractivity contribution in [1.82, 2.24) is 14.7 Å². The van der Waals surface area contributed by atoms with E-state index in [2.05, 4.69) is 4.90 Å². The van der Waals surface area contributed by atoms with Crippen molar-refractivity contribution in [1.29, 1.82) is 0 Å². The van der Waals surface area contributed by atoms with Gasteiger partial charge in [0.05, 0.1) is 4.91 Å². The molecule has 0 unspecified atom stereocenters. The minimum absolute atomic E-state index is 0.0283. The highest BCUT2D eigenvalue weighted by atomic mass is 32.2. The molecule has 0 radical (unpaired) electrons. The lowest BCUT2D eigenvalue weighted by Crippen LogP contribution is -2.50. The predicted octanol–water partition coefficient (Wildman–Crippen LogP) is 1.66. The van der Waals surface area contributed by atoms with Crippen molar-refractivity contribution in [3.8, 4) is 0 Å². The number of hydrogen-bond donors (Lipinski definition) is 0. The second kappa shape index (κ2) is 7.46. The van der Waals surface area contributed by atoms with Crippen LogP contribution in [0.15, 0.2) is 35.2 Å². The Kier molecular flexibility index (Phi) is 5.33. The number of amides is 2. The van der Waals surface area contributed by atoms with Crippen LogP contribution in [-0.2, 0) is 9.59 Å². The van der Waals surface area contributed by atoms with E-state index in [1.165, 1.54) is 16.7 Å². The molecule has 2 saturated heterocycles. The molecular weight excluding hydrogens is 342 g/mol. The van der Waals surface area contributed by atoms with Gasteiger partial charge >= 0.3 is 0 Å². The number of piperazine rings is 1. The zero-order chi connectivity index (χ0) is 17.1. The summed E-state index contributed by atoms with van der Waals surface area (Å²) in [4.78, 5) is 31.0. The third kappa shape index (κ3) is 3.85. The van der Waals surface area contributed by atoms with E-state index < -0.39 is 0 Å². The van der Waals surface area contributed by atoms with Crippen molar-refractivity contribution in [2.45, 2.75) is 0 Å². The first-order chi connectivity index (χ1) is 11.5. The van der Waals surface area contributed by atoms with Crippen LogP contribution in [0.25, 0.3) is 6.08 Å². The van der Waals surface area contributed by atoms with Crippen LogP contribution in [-0.4, -0.2) is 70.6 Å². The van der Waals surface area contributed by atoms with Crippen LogP contribution in [0, 0.1) is 0 Å². The van der Waals surface area contributed by atoms with Crippen molar-refractivity contribution >= 4 is 46.2 Å². The van der Waals surface area contributed by atoms with Gasteiger partial charge in [0.25, 0.3) is 5.91 Å². The maximum Gasteiger partial charge on any atom is 0.266 e. The highest BCUT2D eigenvalue weighted by Crippen LogP contribution is 2.32. The third-order valence-corrected chi connectivity index (χ3v) is 5.50. The molecule has 2 aliphatic rings. The number of carbonyl (C=O) groups excluding carboxylic acids is 2. The molecule has 7 heteroatoms. The standard InChI is InChI=1S/C17H19N3O2S2/c1-18-7-9-19(10-8-18)15(21)12-20-16(22)14(24-17(20)23)11-13-5-3-2-4-6-13/h2-6,11H,7-10,12H2,1H3. The number of nitrogens with zero attached hydrogens (tertiary/aromatic N) is 3. The van der Waals surface area contributed by atoms with Crippen molar-refractivity contribution in [2.75, 3.05) is 39.8 Å². The van der Waals surface area contributed by atoms with Crippen LogP contribution < -0.4 is 0 Å². The molecule has 5 nitrogen and oxygen atoms in total. The lowest BCUT2D eigenvalue weighted by atomic mass is 10.2. The van der Waals surface area contributed by atoms with Gasteiger partial charge < -0.3 is 9.80 Å². The van der Waals surface area contributed by atoms with Crippen molar-refractivity contribution in [3.63, 3.8) is 0 Å². The number of rotatable bonds is 3. The molecule has 126 valence electrons. The second-order valence-electron chi connectivity index (χ2n) is 5.86. The molecule has 3 rings (SSSR count). The van der Waals surface area contributed by atoms with E-state index in [1.807, 2.05) is 43.5 Å². The molecule has 0 saturated carbocycles. The first-order valence-electron chi connectivity index (χ1n) is 7.81. The second-order valence-corrected chi connectivity index (χ2v) is 7.54. The number of thiocarbonyl (C=S) groups is 1. The predicted molar refractivity (Wildman–Crippen MR) is 100 cm³/mol. The fourth-order valence-electron chi connectivity index (χ4n) is 2.63. The summed E-state index contributed by atoms with van der Waals surface area (Å²) in [6, 6.07) is 9.63. The molecule has 24 heavy (non-hydrogen) atoms. The minimum Gasteiger partial charge on any atom is -0.339 e. The molecule has 1 aromatic rings. The van der Waals surface area contributed by atoms with Gasteiger partial charge in [-0.1, -0.05) is 54.3 Å². The molecule has 2 heterocycles. The normalized spacial score (nSPS) is 21.0. The minimum atomic E-state index is -0.184. The highest BCUT2D eigenvalue weighted by molar-refractivity contribution is 8.26. The van der Waals surface area contributed by atoms with Gasteiger partial charge in [-0.05, 0) is 18.7 Å². The molecule has 0 aromatic heterocycles. The number of benzene rings is 1. The Balaban J connectivity index is 1.66. The molecule has 0 atom stereocenters. The van der Waals surface area contributed by atoms with Gasteiger partial charge in [-0.15, -0.1) is 0 Å². The average Bonchev–Trinajstić information content (AvgIpc) is 2.84. The lowest BCUT2D eigenvalue weighted by molar-refractivity contribution is -0.136. The Bertz CT molecular complexity index is 682. The van der Waals surface area contributed by atoms with E-state index in [0.29, 0.717) is 22.3 Å². The Morgan fingerprint density at radius 3 is 2.54 bits per heavy atom. The van der Waals surface area contributed by atoms with E-state index in [-0.39, 0.29) is 18.4 Å². The summed E-state index contributed by atoms with van der Waals surface area (Å²) < 4.78 is 0.449. The van der Waals surface area contributed by atoms with Gasteiger partial charge in [-0.25, -0.2) is 0 Å². The van der Waals surface area contributed by atoms with Gasteiger partial charge in [-0.2, -0.15) is 0 Å². The number of hydrogen-bond acceptors (Lipinski definition) is 5. The molecule has 0 N–H and O–H groups in total. The smallest absolute Gasteiger partial charge is 0.266 e. The summed E-state index contributed by atoms with van der Waals surface area (Å²) in [6.07, 6.45) is 1.82. The lowest BCUT2D eigenvalue weighted by Gasteiger charge is -2.33. The first-order valence-corrected chi connectivity index (χ1v) is 9.04. The first kappa shape index (κ1) is 17.1. The summed E-state index contributed by atoms with van der Waals surface area (Å²) in [5, 5.41) is 0. The maximum atomic E-state index is 12.6. The van der Waals surface area contributed by atoms with Crippen LogP contribution >= 0.6 is 24.0 Å². The molecule has 2 amide bonds. The van der Waals surface area contributed by atoms with E-state index in [9.17, 15) is 9.59 Å². The van der Waals surface area contributed by atoms with Crippen LogP contribution in [0.2, 0.25) is 0 Å². The third-order valence-electron chi connectivity index (χ3n) is 4.12. The van der Waals surface area contributed by atoms with Crippen LogP contribution in [0.3, 0.4) is 0 Å².